The molecule has 2 amide bonds. The maximum absolute atomic E-state index is 12.8. The number of hydrogen-bond acceptors (Lipinski definition) is 2. The zero-order valence-corrected chi connectivity index (χ0v) is 19.2. The van der Waals surface area contributed by atoms with E-state index in [4.69, 9.17) is 10.8 Å². The molecule has 3 aromatic carbocycles. The maximum atomic E-state index is 12.8. The molecule has 4 aromatic rings. The van der Waals surface area contributed by atoms with Crippen molar-refractivity contribution in [2.75, 3.05) is 4.90 Å². The molecule has 0 bridgehead atoms. The molecule has 5 nitrogen and oxygen atoms in total. The first-order chi connectivity index (χ1) is 16.0. The van der Waals surface area contributed by atoms with Gasteiger partial charge in [0.05, 0.1) is 23.8 Å². The summed E-state index contributed by atoms with van der Waals surface area (Å²) in [6.07, 6.45) is 4.92. The predicted octanol–water partition coefficient (Wildman–Crippen LogP) is 5.86. The molecule has 0 fully saturated rings. The van der Waals surface area contributed by atoms with Gasteiger partial charge in [0.1, 0.15) is 0 Å². The number of nitrogens with zero attached hydrogens (tertiary/aromatic N) is 3. The molecule has 2 N–H and O–H groups in total. The summed E-state index contributed by atoms with van der Waals surface area (Å²) in [5.74, 6) is 0.618. The standard InChI is InChI=1S/C28H30N4O/c1-19(2)15-21-11-13-23-22(16-21)12-14-27(23)32(28(29)33)26-10-6-9-25-24(26)18-31(30-25)17-20-7-4-3-5-8-20/h3-11,13,16,18-19,27H,12,14-15,17H2,1-2H3,(H2,29,33). The van der Waals surface area contributed by atoms with Crippen molar-refractivity contribution in [2.45, 2.75) is 45.7 Å². The highest BCUT2D eigenvalue weighted by atomic mass is 16.2. The van der Waals surface area contributed by atoms with Gasteiger partial charge < -0.3 is 5.73 Å². The Kier molecular flexibility index (Phi) is 5.63. The quantitative estimate of drug-likeness (QED) is 0.410. The number of anilines is 1. The maximum Gasteiger partial charge on any atom is 0.319 e. The van der Waals surface area contributed by atoms with Gasteiger partial charge in [-0.2, -0.15) is 5.10 Å². The van der Waals surface area contributed by atoms with E-state index in [0.29, 0.717) is 12.5 Å². The van der Waals surface area contributed by atoms with Crippen molar-refractivity contribution < 1.29 is 4.79 Å². The Morgan fingerprint density at radius 2 is 1.91 bits per heavy atom. The van der Waals surface area contributed by atoms with Crippen LogP contribution >= 0.6 is 0 Å². The minimum atomic E-state index is -0.428. The van der Waals surface area contributed by atoms with E-state index in [0.717, 1.165) is 35.9 Å². The summed E-state index contributed by atoms with van der Waals surface area (Å²) in [7, 11) is 0. The minimum absolute atomic E-state index is 0.0614. The topological polar surface area (TPSA) is 64.2 Å². The molecule has 168 valence electrons. The van der Waals surface area contributed by atoms with Crippen LogP contribution in [0.1, 0.15) is 48.6 Å². The van der Waals surface area contributed by atoms with Crippen molar-refractivity contribution in [2.24, 2.45) is 11.7 Å². The number of primary amides is 1. The first-order valence-corrected chi connectivity index (χ1v) is 11.7. The number of aryl methyl sites for hydroxylation is 1. The van der Waals surface area contributed by atoms with Gasteiger partial charge >= 0.3 is 6.03 Å². The van der Waals surface area contributed by atoms with Crippen molar-refractivity contribution in [1.29, 1.82) is 0 Å². The van der Waals surface area contributed by atoms with Gasteiger partial charge in [0.15, 0.2) is 0 Å². The van der Waals surface area contributed by atoms with Crippen LogP contribution in [-0.4, -0.2) is 15.8 Å². The Morgan fingerprint density at radius 1 is 1.09 bits per heavy atom. The normalized spacial score (nSPS) is 15.2. The van der Waals surface area contributed by atoms with Crippen LogP contribution in [0.25, 0.3) is 10.9 Å². The Hall–Kier alpha value is -3.60. The molecule has 1 unspecified atom stereocenters. The Bertz CT molecular complexity index is 1290. The number of rotatable bonds is 6. The van der Waals surface area contributed by atoms with Crippen LogP contribution in [0.15, 0.2) is 72.9 Å². The van der Waals surface area contributed by atoms with E-state index < -0.39 is 6.03 Å². The molecule has 0 aliphatic heterocycles. The van der Waals surface area contributed by atoms with Crippen LogP contribution in [-0.2, 0) is 19.4 Å². The van der Waals surface area contributed by atoms with Crippen molar-refractivity contribution in [3.8, 4) is 0 Å². The molecule has 1 heterocycles. The number of nitrogens with two attached hydrogens (primary N) is 1. The molecule has 33 heavy (non-hydrogen) atoms. The van der Waals surface area contributed by atoms with Gasteiger partial charge in [-0.25, -0.2) is 4.79 Å². The van der Waals surface area contributed by atoms with Crippen molar-refractivity contribution >= 4 is 22.6 Å². The lowest BCUT2D eigenvalue weighted by Crippen LogP contribution is -2.38. The molecule has 5 heteroatoms. The predicted molar refractivity (Wildman–Crippen MR) is 133 cm³/mol. The monoisotopic (exact) mass is 438 g/mol. The van der Waals surface area contributed by atoms with E-state index in [1.807, 2.05) is 47.3 Å². The fourth-order valence-electron chi connectivity index (χ4n) is 5.09. The fourth-order valence-corrected chi connectivity index (χ4v) is 5.09. The van der Waals surface area contributed by atoms with Gasteiger partial charge in [-0.15, -0.1) is 0 Å². The van der Waals surface area contributed by atoms with Crippen LogP contribution < -0.4 is 10.6 Å². The summed E-state index contributed by atoms with van der Waals surface area (Å²) < 4.78 is 1.93. The lowest BCUT2D eigenvalue weighted by atomic mass is 9.98. The van der Waals surface area contributed by atoms with Gasteiger partial charge in [0.25, 0.3) is 0 Å². The molecule has 1 aromatic heterocycles. The average Bonchev–Trinajstić information content (AvgIpc) is 3.38. The molecular weight excluding hydrogens is 408 g/mol. The number of carbonyl (C=O) groups excluding carboxylic acids is 1. The van der Waals surface area contributed by atoms with Crippen molar-refractivity contribution in [3.63, 3.8) is 0 Å². The number of hydrogen-bond donors (Lipinski definition) is 1. The number of urea groups is 1. The van der Waals surface area contributed by atoms with E-state index >= 15 is 0 Å². The van der Waals surface area contributed by atoms with Gasteiger partial charge in [-0.1, -0.05) is 68.4 Å². The van der Waals surface area contributed by atoms with E-state index in [9.17, 15) is 4.79 Å². The second kappa shape index (κ2) is 8.74. The van der Waals surface area contributed by atoms with Gasteiger partial charge in [0.2, 0.25) is 0 Å². The summed E-state index contributed by atoms with van der Waals surface area (Å²) >= 11 is 0. The first kappa shape index (κ1) is 21.3. The van der Waals surface area contributed by atoms with Crippen LogP contribution in [0.3, 0.4) is 0 Å². The summed E-state index contributed by atoms with van der Waals surface area (Å²) in [5, 5.41) is 5.70. The third-order valence-corrected chi connectivity index (χ3v) is 6.47. The smallest absolute Gasteiger partial charge is 0.319 e. The molecule has 0 saturated heterocycles. The Labute approximate surface area is 194 Å². The second-order valence-electron chi connectivity index (χ2n) is 9.42. The van der Waals surface area contributed by atoms with Crippen LogP contribution in [0.5, 0.6) is 0 Å². The van der Waals surface area contributed by atoms with E-state index in [-0.39, 0.29) is 6.04 Å². The second-order valence-corrected chi connectivity index (χ2v) is 9.42. The van der Waals surface area contributed by atoms with Gasteiger partial charge in [0, 0.05) is 11.6 Å². The SMILES string of the molecule is CC(C)Cc1ccc2c(c1)CCC2N(C(N)=O)c1cccc2nn(Cc3ccccc3)cc12. The molecule has 0 radical (unpaired) electrons. The minimum Gasteiger partial charge on any atom is -0.351 e. The molecule has 0 spiro atoms. The number of benzene rings is 3. The van der Waals surface area contributed by atoms with Crippen LogP contribution in [0.4, 0.5) is 10.5 Å². The molecule has 1 atom stereocenters. The van der Waals surface area contributed by atoms with E-state index in [1.165, 1.54) is 22.3 Å². The lowest BCUT2D eigenvalue weighted by Gasteiger charge is -2.28. The molecule has 5 rings (SSSR count). The molecule has 1 aliphatic carbocycles. The van der Waals surface area contributed by atoms with E-state index in [2.05, 4.69) is 44.2 Å². The van der Waals surface area contributed by atoms with Crippen LogP contribution in [0, 0.1) is 5.92 Å². The van der Waals surface area contributed by atoms with Gasteiger partial charge in [-0.05, 0) is 59.6 Å². The molecular formula is C28H30N4O. The summed E-state index contributed by atoms with van der Waals surface area (Å²) in [6.45, 7) is 5.16. The van der Waals surface area contributed by atoms with Crippen LogP contribution in [0.2, 0.25) is 0 Å². The van der Waals surface area contributed by atoms with Crippen molar-refractivity contribution in [3.05, 3.63) is 95.2 Å². The van der Waals surface area contributed by atoms with E-state index in [1.54, 1.807) is 4.90 Å². The van der Waals surface area contributed by atoms with Crippen molar-refractivity contribution in [1.82, 2.24) is 9.78 Å². The zero-order valence-electron chi connectivity index (χ0n) is 19.2. The van der Waals surface area contributed by atoms with Gasteiger partial charge in [-0.3, -0.25) is 9.58 Å². The average molecular weight is 439 g/mol. The highest BCUT2D eigenvalue weighted by Crippen LogP contribution is 2.41. The third-order valence-electron chi connectivity index (χ3n) is 6.47. The zero-order chi connectivity index (χ0) is 22.9. The summed E-state index contributed by atoms with van der Waals surface area (Å²) in [5.41, 5.74) is 12.7. The fraction of sp³-hybridized carbons (Fsp3) is 0.286. The molecule has 0 saturated carbocycles. The number of amides is 2. The number of fused-ring (bicyclic) bond motifs is 2. The Balaban J connectivity index is 1.51. The molecule has 1 aliphatic rings. The largest absolute Gasteiger partial charge is 0.351 e. The lowest BCUT2D eigenvalue weighted by molar-refractivity contribution is 0.251. The summed E-state index contributed by atoms with van der Waals surface area (Å²) in [4.78, 5) is 14.5. The highest BCUT2D eigenvalue weighted by Gasteiger charge is 2.32. The summed E-state index contributed by atoms with van der Waals surface area (Å²) in [6, 6.07) is 22.4. The number of aromatic nitrogens is 2. The third kappa shape index (κ3) is 4.23. The highest BCUT2D eigenvalue weighted by molar-refractivity contribution is 6.02. The first-order valence-electron chi connectivity index (χ1n) is 11.7. The Morgan fingerprint density at radius 3 is 2.67 bits per heavy atom. The number of carbonyl (C=O) groups is 1.